The summed E-state index contributed by atoms with van der Waals surface area (Å²) in [5.41, 5.74) is 2.87. The summed E-state index contributed by atoms with van der Waals surface area (Å²) >= 11 is 0. The van der Waals surface area contributed by atoms with E-state index in [1.54, 1.807) is 0 Å². The molecule has 16 heavy (non-hydrogen) atoms. The van der Waals surface area contributed by atoms with Crippen LogP contribution in [0.2, 0.25) is 0 Å². The Morgan fingerprint density at radius 2 is 1.88 bits per heavy atom. The first-order valence-electron chi connectivity index (χ1n) is 6.32. The minimum atomic E-state index is 1.16. The number of benzene rings is 1. The fraction of sp³-hybridized carbons (Fsp3) is 0.571. The monoisotopic (exact) mass is 218 g/mol. The molecule has 0 N–H and O–H groups in total. The van der Waals surface area contributed by atoms with Gasteiger partial charge in [0.15, 0.2) is 0 Å². The zero-order valence-electron chi connectivity index (χ0n) is 10.4. The second-order valence-corrected chi connectivity index (χ2v) is 4.71. The third-order valence-corrected chi connectivity index (χ3v) is 3.32. The predicted molar refractivity (Wildman–Crippen MR) is 70.1 cm³/mol. The van der Waals surface area contributed by atoms with Crippen LogP contribution >= 0.6 is 0 Å². The van der Waals surface area contributed by atoms with Crippen molar-refractivity contribution in [2.45, 2.75) is 19.8 Å². The Balaban J connectivity index is 2.05. The number of aryl methyl sites for hydroxylation is 1. The van der Waals surface area contributed by atoms with Crippen molar-refractivity contribution < 1.29 is 0 Å². The van der Waals surface area contributed by atoms with Gasteiger partial charge < -0.3 is 9.80 Å². The third kappa shape index (κ3) is 2.76. The maximum Gasteiger partial charge on any atom is 0.0369 e. The molecule has 0 aliphatic carbocycles. The molecular formula is C14H22N2. The van der Waals surface area contributed by atoms with Crippen molar-refractivity contribution in [2.24, 2.45) is 0 Å². The predicted octanol–water partition coefficient (Wildman–Crippen LogP) is 2.39. The largest absolute Gasteiger partial charge is 0.369 e. The van der Waals surface area contributed by atoms with Gasteiger partial charge in [0.2, 0.25) is 0 Å². The first kappa shape index (κ1) is 11.5. The molecule has 0 saturated carbocycles. The molecule has 0 atom stereocenters. The Bertz CT molecular complexity index is 327. The number of likely N-dealkylation sites (N-methyl/N-ethyl adjacent to an activating group) is 1. The van der Waals surface area contributed by atoms with Crippen LogP contribution in [0.3, 0.4) is 0 Å². The molecule has 0 unspecified atom stereocenters. The normalized spacial score (nSPS) is 17.8. The summed E-state index contributed by atoms with van der Waals surface area (Å²) in [6.45, 7) is 6.91. The second-order valence-electron chi connectivity index (χ2n) is 4.71. The third-order valence-electron chi connectivity index (χ3n) is 3.32. The van der Waals surface area contributed by atoms with Crippen LogP contribution in [0.15, 0.2) is 24.3 Å². The van der Waals surface area contributed by atoms with Gasteiger partial charge in [-0.05, 0) is 31.2 Å². The summed E-state index contributed by atoms with van der Waals surface area (Å²) in [5, 5.41) is 0. The summed E-state index contributed by atoms with van der Waals surface area (Å²) in [6, 6.07) is 9.03. The lowest BCUT2D eigenvalue weighted by atomic mass is 10.1. The Kier molecular flexibility index (Phi) is 3.83. The molecule has 1 aliphatic rings. The molecule has 1 saturated heterocycles. The number of rotatable bonds is 3. The molecule has 1 aromatic rings. The van der Waals surface area contributed by atoms with Gasteiger partial charge in [-0.25, -0.2) is 0 Å². The van der Waals surface area contributed by atoms with E-state index >= 15 is 0 Å². The molecule has 0 bridgehead atoms. The molecule has 1 heterocycles. The first-order chi connectivity index (χ1) is 7.79. The zero-order valence-corrected chi connectivity index (χ0v) is 10.4. The molecule has 0 aromatic heterocycles. The molecule has 1 fully saturated rings. The lowest BCUT2D eigenvalue weighted by Gasteiger charge is -2.34. The molecule has 2 rings (SSSR count). The van der Waals surface area contributed by atoms with Crippen LogP contribution < -0.4 is 4.90 Å². The summed E-state index contributed by atoms with van der Waals surface area (Å²) in [7, 11) is 2.20. The van der Waals surface area contributed by atoms with Crippen LogP contribution in [-0.4, -0.2) is 38.1 Å². The zero-order chi connectivity index (χ0) is 11.4. The van der Waals surface area contributed by atoms with Crippen molar-refractivity contribution in [1.29, 1.82) is 0 Å². The highest BCUT2D eigenvalue weighted by Crippen LogP contribution is 2.18. The molecule has 1 aromatic carbocycles. The standard InChI is InChI=1S/C14H22N2/c1-3-5-13-6-4-7-14(12-13)16-10-8-15(2)9-11-16/h4,6-7,12H,3,5,8-11H2,1-2H3. The average Bonchev–Trinajstić information content (AvgIpc) is 2.31. The lowest BCUT2D eigenvalue weighted by molar-refractivity contribution is 0.313. The van der Waals surface area contributed by atoms with Crippen LogP contribution in [-0.2, 0) is 6.42 Å². The minimum absolute atomic E-state index is 1.16. The molecule has 0 radical (unpaired) electrons. The van der Waals surface area contributed by atoms with E-state index in [1.165, 1.54) is 37.2 Å². The maximum atomic E-state index is 2.50. The van der Waals surface area contributed by atoms with E-state index in [9.17, 15) is 0 Å². The first-order valence-corrected chi connectivity index (χ1v) is 6.32. The second kappa shape index (κ2) is 5.35. The van der Waals surface area contributed by atoms with Crippen LogP contribution in [0.5, 0.6) is 0 Å². The van der Waals surface area contributed by atoms with Gasteiger partial charge in [-0.15, -0.1) is 0 Å². The number of hydrogen-bond donors (Lipinski definition) is 0. The highest BCUT2D eigenvalue weighted by Gasteiger charge is 2.13. The number of hydrogen-bond acceptors (Lipinski definition) is 2. The van der Waals surface area contributed by atoms with Crippen LogP contribution in [0.1, 0.15) is 18.9 Å². The van der Waals surface area contributed by atoms with Crippen molar-refractivity contribution in [3.05, 3.63) is 29.8 Å². The molecule has 0 amide bonds. The fourth-order valence-electron chi connectivity index (χ4n) is 2.26. The summed E-state index contributed by atoms with van der Waals surface area (Å²) < 4.78 is 0. The van der Waals surface area contributed by atoms with Crippen molar-refractivity contribution in [2.75, 3.05) is 38.1 Å². The van der Waals surface area contributed by atoms with Crippen molar-refractivity contribution in [1.82, 2.24) is 4.90 Å². The number of anilines is 1. The highest BCUT2D eigenvalue weighted by atomic mass is 15.2. The van der Waals surface area contributed by atoms with E-state index in [0.717, 1.165) is 13.1 Å². The van der Waals surface area contributed by atoms with E-state index in [4.69, 9.17) is 0 Å². The van der Waals surface area contributed by atoms with E-state index in [0.29, 0.717) is 0 Å². The summed E-state index contributed by atoms with van der Waals surface area (Å²) in [6.07, 6.45) is 2.42. The Morgan fingerprint density at radius 1 is 1.12 bits per heavy atom. The molecule has 88 valence electrons. The van der Waals surface area contributed by atoms with Crippen LogP contribution in [0, 0.1) is 0 Å². The Hall–Kier alpha value is -1.02. The van der Waals surface area contributed by atoms with Crippen molar-refractivity contribution in [3.63, 3.8) is 0 Å². The van der Waals surface area contributed by atoms with E-state index in [2.05, 4.69) is 48.0 Å². The van der Waals surface area contributed by atoms with Gasteiger partial charge in [-0.2, -0.15) is 0 Å². The molecule has 1 aliphatic heterocycles. The minimum Gasteiger partial charge on any atom is -0.369 e. The molecule has 2 heteroatoms. The number of nitrogens with zero attached hydrogens (tertiary/aromatic N) is 2. The van der Waals surface area contributed by atoms with E-state index in [1.807, 2.05) is 0 Å². The fourth-order valence-corrected chi connectivity index (χ4v) is 2.26. The van der Waals surface area contributed by atoms with Gasteiger partial charge in [-0.3, -0.25) is 0 Å². The van der Waals surface area contributed by atoms with E-state index < -0.39 is 0 Å². The quantitative estimate of drug-likeness (QED) is 0.768. The SMILES string of the molecule is CCCc1cccc(N2CCN(C)CC2)c1. The van der Waals surface area contributed by atoms with E-state index in [-0.39, 0.29) is 0 Å². The van der Waals surface area contributed by atoms with Gasteiger partial charge >= 0.3 is 0 Å². The summed E-state index contributed by atoms with van der Waals surface area (Å²) in [5.74, 6) is 0. The average molecular weight is 218 g/mol. The highest BCUT2D eigenvalue weighted by molar-refractivity contribution is 5.49. The number of piperazine rings is 1. The topological polar surface area (TPSA) is 6.48 Å². The Labute approximate surface area is 98.9 Å². The Morgan fingerprint density at radius 3 is 2.56 bits per heavy atom. The molecule has 2 nitrogen and oxygen atoms in total. The lowest BCUT2D eigenvalue weighted by Crippen LogP contribution is -2.44. The van der Waals surface area contributed by atoms with Crippen molar-refractivity contribution in [3.8, 4) is 0 Å². The molecular weight excluding hydrogens is 196 g/mol. The summed E-state index contributed by atoms with van der Waals surface area (Å²) in [4.78, 5) is 4.89. The van der Waals surface area contributed by atoms with Gasteiger partial charge in [-0.1, -0.05) is 25.5 Å². The van der Waals surface area contributed by atoms with Gasteiger partial charge in [0.1, 0.15) is 0 Å². The van der Waals surface area contributed by atoms with Gasteiger partial charge in [0.05, 0.1) is 0 Å². The van der Waals surface area contributed by atoms with Gasteiger partial charge in [0.25, 0.3) is 0 Å². The van der Waals surface area contributed by atoms with Crippen LogP contribution in [0.4, 0.5) is 5.69 Å². The smallest absolute Gasteiger partial charge is 0.0369 e. The van der Waals surface area contributed by atoms with Crippen molar-refractivity contribution >= 4 is 5.69 Å². The molecule has 0 spiro atoms. The maximum absolute atomic E-state index is 2.50. The van der Waals surface area contributed by atoms with Crippen LogP contribution in [0.25, 0.3) is 0 Å². The van der Waals surface area contributed by atoms with Gasteiger partial charge in [0, 0.05) is 31.9 Å².